The lowest BCUT2D eigenvalue weighted by atomic mass is 10.1. The molecule has 0 aliphatic carbocycles. The lowest BCUT2D eigenvalue weighted by molar-refractivity contribution is -0.136. The number of sulfone groups is 1. The maximum absolute atomic E-state index is 12.5. The maximum Gasteiger partial charge on any atom is 0.260 e. The third-order valence-electron chi connectivity index (χ3n) is 4.68. The number of amides is 1. The van der Waals surface area contributed by atoms with Gasteiger partial charge in [0.05, 0.1) is 23.2 Å². The zero-order valence-corrected chi connectivity index (χ0v) is 14.8. The smallest absolute Gasteiger partial charge is 0.260 e. The predicted octanol–water partition coefficient (Wildman–Crippen LogP) is -0.756. The van der Waals surface area contributed by atoms with Crippen LogP contribution >= 0.6 is 0 Å². The number of ether oxygens (including phenoxy) is 1. The number of hydrogen-bond donors (Lipinski definition) is 1. The van der Waals surface area contributed by atoms with E-state index in [1.807, 2.05) is 12.1 Å². The second kappa shape index (κ2) is 6.69. The second-order valence-corrected chi connectivity index (χ2v) is 8.57. The van der Waals surface area contributed by atoms with Crippen molar-refractivity contribution in [1.82, 2.24) is 25.0 Å². The molecule has 0 saturated carbocycles. The van der Waals surface area contributed by atoms with Crippen molar-refractivity contribution < 1.29 is 17.9 Å². The molecule has 2 aliphatic rings. The Morgan fingerprint density at radius 1 is 1.27 bits per heavy atom. The molecule has 2 saturated heterocycles. The highest BCUT2D eigenvalue weighted by Crippen LogP contribution is 2.22. The van der Waals surface area contributed by atoms with E-state index in [4.69, 9.17) is 4.74 Å². The summed E-state index contributed by atoms with van der Waals surface area (Å²) in [5.41, 5.74) is 0.835. The molecule has 1 aromatic heterocycles. The van der Waals surface area contributed by atoms with Crippen LogP contribution in [0.2, 0.25) is 0 Å². The summed E-state index contributed by atoms with van der Waals surface area (Å²) >= 11 is 0. The number of fused-ring (bicyclic) bond motifs is 1. The first-order valence-electron chi connectivity index (χ1n) is 8.33. The van der Waals surface area contributed by atoms with Crippen LogP contribution in [-0.4, -0.2) is 77.3 Å². The second-order valence-electron chi connectivity index (χ2n) is 6.41. The molecule has 4 rings (SSSR count). The summed E-state index contributed by atoms with van der Waals surface area (Å²) in [6.45, 7) is 0.963. The Bertz CT molecular complexity index is 882. The normalized spacial score (nSPS) is 24.2. The molecule has 1 aromatic carbocycles. The van der Waals surface area contributed by atoms with Crippen LogP contribution in [0.5, 0.6) is 5.75 Å². The minimum Gasteiger partial charge on any atom is -0.484 e. The van der Waals surface area contributed by atoms with Gasteiger partial charge in [0.25, 0.3) is 5.91 Å². The molecular formula is C16H19N5O4S. The van der Waals surface area contributed by atoms with Gasteiger partial charge in [0.1, 0.15) is 18.4 Å². The number of nitrogens with zero attached hydrogens (tertiary/aromatic N) is 4. The van der Waals surface area contributed by atoms with E-state index in [0.29, 0.717) is 18.8 Å². The zero-order valence-electron chi connectivity index (χ0n) is 14.0. The molecule has 2 aliphatic heterocycles. The van der Waals surface area contributed by atoms with Crippen LogP contribution in [0.4, 0.5) is 0 Å². The van der Waals surface area contributed by atoms with Crippen LogP contribution in [-0.2, 0) is 14.6 Å². The summed E-state index contributed by atoms with van der Waals surface area (Å²) < 4.78 is 30.9. The third kappa shape index (κ3) is 3.42. The molecule has 0 bridgehead atoms. The number of piperazine rings is 1. The highest BCUT2D eigenvalue weighted by molar-refractivity contribution is 7.91. The summed E-state index contributed by atoms with van der Waals surface area (Å²) in [6.07, 6.45) is 3.04. The van der Waals surface area contributed by atoms with Crippen LogP contribution < -0.4 is 10.1 Å². The number of carbonyl (C=O) groups is 1. The Morgan fingerprint density at radius 3 is 2.81 bits per heavy atom. The molecule has 9 nitrogen and oxygen atoms in total. The monoisotopic (exact) mass is 377 g/mol. The lowest BCUT2D eigenvalue weighted by Crippen LogP contribution is -2.59. The molecule has 1 N–H and O–H groups in total. The minimum atomic E-state index is -3.10. The fraction of sp³-hybridized carbons (Fsp3) is 0.438. The molecule has 10 heteroatoms. The van der Waals surface area contributed by atoms with E-state index in [2.05, 4.69) is 15.4 Å². The van der Waals surface area contributed by atoms with Gasteiger partial charge in [0.2, 0.25) is 0 Å². The molecule has 138 valence electrons. The number of hydrogen-bond acceptors (Lipinski definition) is 7. The van der Waals surface area contributed by atoms with E-state index in [-0.39, 0.29) is 36.1 Å². The third-order valence-corrected chi connectivity index (χ3v) is 6.40. The van der Waals surface area contributed by atoms with E-state index in [0.717, 1.165) is 5.69 Å². The van der Waals surface area contributed by atoms with Crippen LogP contribution in [0.3, 0.4) is 0 Å². The van der Waals surface area contributed by atoms with Crippen molar-refractivity contribution in [3.05, 3.63) is 36.9 Å². The number of rotatable bonds is 4. The number of benzene rings is 1. The summed E-state index contributed by atoms with van der Waals surface area (Å²) in [5.74, 6) is 0.474. The highest BCUT2D eigenvalue weighted by Gasteiger charge is 2.44. The van der Waals surface area contributed by atoms with Gasteiger partial charge >= 0.3 is 0 Å². The summed E-state index contributed by atoms with van der Waals surface area (Å²) in [4.78, 5) is 18.1. The molecule has 0 spiro atoms. The quantitative estimate of drug-likeness (QED) is 0.747. The molecular weight excluding hydrogens is 358 g/mol. The van der Waals surface area contributed by atoms with E-state index >= 15 is 0 Å². The first-order chi connectivity index (χ1) is 12.5. The molecule has 2 fully saturated rings. The van der Waals surface area contributed by atoms with Gasteiger partial charge in [-0.25, -0.2) is 18.1 Å². The largest absolute Gasteiger partial charge is 0.484 e. The van der Waals surface area contributed by atoms with Crippen LogP contribution in [0.15, 0.2) is 36.9 Å². The molecule has 1 amide bonds. The van der Waals surface area contributed by atoms with Gasteiger partial charge in [-0.05, 0) is 24.3 Å². The van der Waals surface area contributed by atoms with Gasteiger partial charge in [-0.1, -0.05) is 0 Å². The maximum atomic E-state index is 12.5. The Morgan fingerprint density at radius 2 is 2.08 bits per heavy atom. The van der Waals surface area contributed by atoms with Gasteiger partial charge in [0, 0.05) is 19.1 Å². The van der Waals surface area contributed by atoms with Crippen molar-refractivity contribution in [2.45, 2.75) is 12.1 Å². The van der Waals surface area contributed by atoms with Crippen molar-refractivity contribution in [2.75, 3.05) is 31.2 Å². The fourth-order valence-electron chi connectivity index (χ4n) is 3.44. The fourth-order valence-corrected chi connectivity index (χ4v) is 5.40. The van der Waals surface area contributed by atoms with Gasteiger partial charge in [0.15, 0.2) is 16.4 Å². The number of carbonyl (C=O) groups excluding carboxylic acids is 1. The van der Waals surface area contributed by atoms with E-state index in [9.17, 15) is 13.2 Å². The number of nitrogens with one attached hydrogen (secondary N) is 1. The average Bonchev–Trinajstić information content (AvgIpc) is 3.25. The Balaban J connectivity index is 1.38. The summed E-state index contributed by atoms with van der Waals surface area (Å²) in [5, 5.41) is 7.23. The van der Waals surface area contributed by atoms with Crippen molar-refractivity contribution in [3.63, 3.8) is 0 Å². The first kappa shape index (κ1) is 17.0. The van der Waals surface area contributed by atoms with Gasteiger partial charge < -0.3 is 15.0 Å². The molecule has 0 radical (unpaired) electrons. The SMILES string of the molecule is O=C(COc1ccc(-n2cncn2)cc1)N1CCN[C@@H]2CS(=O)(=O)C[C@@H]21. The van der Waals surface area contributed by atoms with Gasteiger partial charge in [-0.2, -0.15) is 5.10 Å². The lowest BCUT2D eigenvalue weighted by Gasteiger charge is -2.37. The molecule has 2 aromatic rings. The molecule has 26 heavy (non-hydrogen) atoms. The zero-order chi connectivity index (χ0) is 18.1. The Kier molecular flexibility index (Phi) is 4.37. The Labute approximate surface area is 150 Å². The summed E-state index contributed by atoms with van der Waals surface area (Å²) in [6, 6.07) is 6.66. The van der Waals surface area contributed by atoms with Crippen LogP contribution in [0.1, 0.15) is 0 Å². The Hall–Kier alpha value is -2.46. The molecule has 3 heterocycles. The van der Waals surface area contributed by atoms with Crippen LogP contribution in [0, 0.1) is 0 Å². The topological polar surface area (TPSA) is 106 Å². The van der Waals surface area contributed by atoms with Crippen LogP contribution in [0.25, 0.3) is 5.69 Å². The first-order valence-corrected chi connectivity index (χ1v) is 10.2. The van der Waals surface area contributed by atoms with E-state index in [1.54, 1.807) is 28.0 Å². The molecule has 2 atom stereocenters. The van der Waals surface area contributed by atoms with Crippen molar-refractivity contribution in [2.24, 2.45) is 0 Å². The van der Waals surface area contributed by atoms with E-state index in [1.165, 1.54) is 6.33 Å². The van der Waals surface area contributed by atoms with E-state index < -0.39 is 9.84 Å². The highest BCUT2D eigenvalue weighted by atomic mass is 32.2. The predicted molar refractivity (Wildman–Crippen MR) is 92.8 cm³/mol. The number of aromatic nitrogens is 3. The summed E-state index contributed by atoms with van der Waals surface area (Å²) in [7, 11) is -3.10. The van der Waals surface area contributed by atoms with Gasteiger partial charge in [-0.15, -0.1) is 0 Å². The van der Waals surface area contributed by atoms with Gasteiger partial charge in [-0.3, -0.25) is 4.79 Å². The van der Waals surface area contributed by atoms with Crippen molar-refractivity contribution >= 4 is 15.7 Å². The van der Waals surface area contributed by atoms with Crippen molar-refractivity contribution in [1.29, 1.82) is 0 Å². The molecule has 0 unspecified atom stereocenters. The van der Waals surface area contributed by atoms with Crippen molar-refractivity contribution in [3.8, 4) is 11.4 Å². The average molecular weight is 377 g/mol. The standard InChI is InChI=1S/C16H19N5O4S/c22-16(20-6-5-18-14-8-26(23,24)9-15(14)20)7-25-13-3-1-12(2-4-13)21-11-17-10-19-21/h1-4,10-11,14-15,18H,5-9H2/t14-,15+/m1/s1. The minimum absolute atomic E-state index is 0.0169.